The van der Waals surface area contributed by atoms with Crippen molar-refractivity contribution in [1.29, 1.82) is 0 Å². The van der Waals surface area contributed by atoms with Gasteiger partial charge in [0.1, 0.15) is 0 Å². The molecule has 0 spiro atoms. The highest BCUT2D eigenvalue weighted by Crippen LogP contribution is 2.30. The molecule has 1 radical (unpaired) electrons. The van der Waals surface area contributed by atoms with Crippen LogP contribution in [-0.2, 0) is 11.2 Å². The predicted octanol–water partition coefficient (Wildman–Crippen LogP) is 2.90. The first-order valence-electron chi connectivity index (χ1n) is 4.01. The summed E-state index contributed by atoms with van der Waals surface area (Å²) in [6.07, 6.45) is 0.995. The van der Waals surface area contributed by atoms with Crippen LogP contribution in [0.25, 0.3) is 0 Å². The van der Waals surface area contributed by atoms with Crippen LogP contribution in [0.2, 0.25) is 0 Å². The minimum atomic E-state index is 0.00579. The van der Waals surface area contributed by atoms with Gasteiger partial charge in [-0.15, -0.1) is 0 Å². The van der Waals surface area contributed by atoms with Crippen LogP contribution in [0.3, 0.4) is 0 Å². The molecule has 0 aliphatic carbocycles. The third-order valence-corrected chi connectivity index (χ3v) is 2.92. The summed E-state index contributed by atoms with van der Waals surface area (Å²) in [5.74, 6) is 0. The third-order valence-electron chi connectivity index (χ3n) is 2.17. The van der Waals surface area contributed by atoms with E-state index in [0.717, 1.165) is 13.0 Å². The van der Waals surface area contributed by atoms with Crippen molar-refractivity contribution >= 4 is 15.9 Å². The highest BCUT2D eigenvalue weighted by atomic mass is 79.9. The van der Waals surface area contributed by atoms with Crippen molar-refractivity contribution in [1.82, 2.24) is 0 Å². The molecule has 1 aliphatic heterocycles. The van der Waals surface area contributed by atoms with Gasteiger partial charge in [-0.2, -0.15) is 0 Å². The zero-order valence-electron chi connectivity index (χ0n) is 6.72. The first kappa shape index (κ1) is 8.27. The topological polar surface area (TPSA) is 9.23 Å². The van der Waals surface area contributed by atoms with E-state index in [2.05, 4.69) is 35.0 Å². The Balaban J connectivity index is 2.52. The van der Waals surface area contributed by atoms with Crippen LogP contribution in [0, 0.1) is 6.92 Å². The van der Waals surface area contributed by atoms with Gasteiger partial charge in [-0.1, -0.05) is 28.1 Å². The van der Waals surface area contributed by atoms with Crippen molar-refractivity contribution < 1.29 is 4.74 Å². The molecule has 1 aromatic rings. The second kappa shape index (κ2) is 3.19. The highest BCUT2D eigenvalue weighted by Gasteiger charge is 2.17. The smallest absolute Gasteiger partial charge is 0.0829 e. The van der Waals surface area contributed by atoms with Crippen LogP contribution in [0.5, 0.6) is 0 Å². The molecule has 1 unspecified atom stereocenters. The van der Waals surface area contributed by atoms with Gasteiger partial charge in [-0.25, -0.2) is 0 Å². The van der Waals surface area contributed by atoms with Crippen LogP contribution in [0.1, 0.15) is 17.2 Å². The quantitative estimate of drug-likeness (QED) is 0.660. The van der Waals surface area contributed by atoms with Gasteiger partial charge < -0.3 is 4.74 Å². The van der Waals surface area contributed by atoms with E-state index in [9.17, 15) is 0 Å². The lowest BCUT2D eigenvalue weighted by atomic mass is 9.99. The molecule has 2 heteroatoms. The first-order chi connectivity index (χ1) is 5.79. The van der Waals surface area contributed by atoms with E-state index in [1.807, 2.05) is 6.07 Å². The Morgan fingerprint density at radius 3 is 3.08 bits per heavy atom. The molecule has 0 saturated heterocycles. The van der Waals surface area contributed by atoms with Gasteiger partial charge in [0.15, 0.2) is 0 Å². The largest absolute Gasteiger partial charge is 0.373 e. The molecule has 63 valence electrons. The van der Waals surface area contributed by atoms with Crippen LogP contribution in [-0.4, -0.2) is 6.61 Å². The van der Waals surface area contributed by atoms with Gasteiger partial charge in [-0.3, -0.25) is 0 Å². The number of halogens is 1. The zero-order chi connectivity index (χ0) is 8.55. The van der Waals surface area contributed by atoms with E-state index in [-0.39, 0.29) is 6.10 Å². The zero-order valence-corrected chi connectivity index (χ0v) is 8.30. The van der Waals surface area contributed by atoms with Gasteiger partial charge in [0.05, 0.1) is 12.7 Å². The molecular weight excluding hydrogens is 216 g/mol. The lowest BCUT2D eigenvalue weighted by Crippen LogP contribution is -2.14. The maximum Gasteiger partial charge on any atom is 0.0829 e. The van der Waals surface area contributed by atoms with E-state index < -0.39 is 0 Å². The number of ether oxygens (including phenoxy) is 1. The Morgan fingerprint density at radius 2 is 2.33 bits per heavy atom. The van der Waals surface area contributed by atoms with Gasteiger partial charge in [0.25, 0.3) is 0 Å². The predicted molar refractivity (Wildman–Crippen MR) is 51.9 cm³/mol. The molecular formula is C10H10BrO. The Bertz CT molecular complexity index is 296. The Labute approximate surface area is 80.9 Å². The number of hydrogen-bond acceptors (Lipinski definition) is 1. The molecule has 1 atom stereocenters. The molecule has 0 saturated carbocycles. The lowest BCUT2D eigenvalue weighted by Gasteiger charge is -2.23. The number of benzene rings is 1. The lowest BCUT2D eigenvalue weighted by molar-refractivity contribution is 0.0729. The van der Waals surface area contributed by atoms with Gasteiger partial charge in [0, 0.05) is 4.47 Å². The summed E-state index contributed by atoms with van der Waals surface area (Å²) in [7, 11) is 0. The fourth-order valence-corrected chi connectivity index (χ4v) is 2.11. The Kier molecular flexibility index (Phi) is 2.20. The molecule has 1 aromatic carbocycles. The molecule has 12 heavy (non-hydrogen) atoms. The van der Waals surface area contributed by atoms with Crippen molar-refractivity contribution in [2.24, 2.45) is 0 Å². The van der Waals surface area contributed by atoms with Crippen LogP contribution in [0.15, 0.2) is 22.7 Å². The minimum absolute atomic E-state index is 0.00579. The summed E-state index contributed by atoms with van der Waals surface area (Å²) in [4.78, 5) is 0. The molecule has 0 aromatic heterocycles. The van der Waals surface area contributed by atoms with Crippen molar-refractivity contribution in [2.75, 3.05) is 6.61 Å². The number of fused-ring (bicyclic) bond motifs is 1. The van der Waals surface area contributed by atoms with E-state index in [1.54, 1.807) is 0 Å². The SMILES string of the molecule is [CH2]C1OCCc2c(Br)cccc21. The number of hydrogen-bond donors (Lipinski definition) is 0. The fraction of sp³-hybridized carbons (Fsp3) is 0.300. The summed E-state index contributed by atoms with van der Waals surface area (Å²) in [6, 6.07) is 6.17. The normalized spacial score (nSPS) is 22.0. The summed E-state index contributed by atoms with van der Waals surface area (Å²) >= 11 is 3.53. The molecule has 0 fully saturated rings. The van der Waals surface area contributed by atoms with Crippen molar-refractivity contribution in [3.05, 3.63) is 40.7 Å². The van der Waals surface area contributed by atoms with Crippen LogP contribution in [0.4, 0.5) is 0 Å². The maximum atomic E-state index is 5.43. The standard InChI is InChI=1S/C10H10BrO/c1-7-8-3-2-4-10(11)9(8)5-6-12-7/h2-4,7H,1,5-6H2. The second-order valence-corrected chi connectivity index (χ2v) is 3.77. The summed E-state index contributed by atoms with van der Waals surface area (Å²) in [6.45, 7) is 4.72. The molecule has 0 bridgehead atoms. The minimum Gasteiger partial charge on any atom is -0.373 e. The fourth-order valence-electron chi connectivity index (χ4n) is 1.53. The van der Waals surface area contributed by atoms with E-state index in [4.69, 9.17) is 4.74 Å². The van der Waals surface area contributed by atoms with Crippen molar-refractivity contribution in [3.8, 4) is 0 Å². The van der Waals surface area contributed by atoms with E-state index >= 15 is 0 Å². The molecule has 0 amide bonds. The molecule has 1 nitrogen and oxygen atoms in total. The molecule has 1 heterocycles. The van der Waals surface area contributed by atoms with E-state index in [0.29, 0.717) is 0 Å². The number of rotatable bonds is 0. The van der Waals surface area contributed by atoms with E-state index in [1.165, 1.54) is 15.6 Å². The monoisotopic (exact) mass is 225 g/mol. The average molecular weight is 226 g/mol. The molecule has 1 aliphatic rings. The summed E-state index contributed by atoms with van der Waals surface area (Å²) in [5, 5.41) is 0. The summed E-state index contributed by atoms with van der Waals surface area (Å²) in [5.41, 5.74) is 2.57. The first-order valence-corrected chi connectivity index (χ1v) is 4.80. The average Bonchev–Trinajstić information content (AvgIpc) is 2.07. The Hall–Kier alpha value is -0.340. The molecule has 2 rings (SSSR count). The van der Waals surface area contributed by atoms with Gasteiger partial charge in [-0.05, 0) is 30.5 Å². The van der Waals surface area contributed by atoms with Crippen molar-refractivity contribution in [2.45, 2.75) is 12.5 Å². The second-order valence-electron chi connectivity index (χ2n) is 2.92. The highest BCUT2D eigenvalue weighted by molar-refractivity contribution is 9.10. The Morgan fingerprint density at radius 1 is 1.50 bits per heavy atom. The third kappa shape index (κ3) is 1.29. The van der Waals surface area contributed by atoms with Gasteiger partial charge >= 0.3 is 0 Å². The van der Waals surface area contributed by atoms with Crippen LogP contribution >= 0.6 is 15.9 Å². The van der Waals surface area contributed by atoms with Gasteiger partial charge in [0.2, 0.25) is 0 Å². The van der Waals surface area contributed by atoms with Crippen molar-refractivity contribution in [3.63, 3.8) is 0 Å². The summed E-state index contributed by atoms with van der Waals surface area (Å²) < 4.78 is 6.61. The molecule has 0 N–H and O–H groups in total. The van der Waals surface area contributed by atoms with Crippen LogP contribution < -0.4 is 0 Å². The maximum absolute atomic E-state index is 5.43.